The van der Waals surface area contributed by atoms with Crippen molar-refractivity contribution in [2.75, 3.05) is 21.3 Å². The van der Waals surface area contributed by atoms with Crippen LogP contribution in [0.15, 0.2) is 61.2 Å². The number of methoxy groups -OCH3 is 3. The maximum atomic E-state index is 12.5. The standard InChI is InChI=1S/C21H20N2O4/c1-25-19-13-21(27-3)20(26-2)12-16(19)6-9-18(24)15-4-7-17(8-5-15)23-11-10-22-14-23/h4-14H,1-3H3/b9-6+. The monoisotopic (exact) mass is 364 g/mol. The molecule has 3 rings (SSSR count). The van der Waals surface area contributed by atoms with Gasteiger partial charge in [-0.15, -0.1) is 0 Å². The molecular weight excluding hydrogens is 344 g/mol. The van der Waals surface area contributed by atoms with Crippen molar-refractivity contribution in [2.24, 2.45) is 0 Å². The van der Waals surface area contributed by atoms with E-state index in [9.17, 15) is 4.79 Å². The van der Waals surface area contributed by atoms with Gasteiger partial charge in [-0.25, -0.2) is 4.98 Å². The topological polar surface area (TPSA) is 62.6 Å². The van der Waals surface area contributed by atoms with Gasteiger partial charge in [0.25, 0.3) is 0 Å². The van der Waals surface area contributed by atoms with Gasteiger partial charge < -0.3 is 18.8 Å². The summed E-state index contributed by atoms with van der Waals surface area (Å²) in [5.41, 5.74) is 2.25. The molecule has 0 amide bonds. The number of ether oxygens (including phenoxy) is 3. The Bertz CT molecular complexity index is 945. The molecule has 0 saturated heterocycles. The number of rotatable bonds is 7. The summed E-state index contributed by atoms with van der Waals surface area (Å²) < 4.78 is 17.8. The lowest BCUT2D eigenvalue weighted by atomic mass is 10.1. The molecule has 0 bridgehead atoms. The first-order chi connectivity index (χ1) is 13.2. The smallest absolute Gasteiger partial charge is 0.185 e. The molecule has 27 heavy (non-hydrogen) atoms. The van der Waals surface area contributed by atoms with Gasteiger partial charge in [-0.3, -0.25) is 4.79 Å². The summed E-state index contributed by atoms with van der Waals surface area (Å²) in [4.78, 5) is 16.5. The molecule has 0 unspecified atom stereocenters. The molecule has 0 atom stereocenters. The lowest BCUT2D eigenvalue weighted by molar-refractivity contribution is 0.104. The zero-order valence-electron chi connectivity index (χ0n) is 15.4. The highest BCUT2D eigenvalue weighted by atomic mass is 16.5. The average molecular weight is 364 g/mol. The molecule has 2 aromatic carbocycles. The Kier molecular flexibility index (Phi) is 5.56. The highest BCUT2D eigenvalue weighted by Gasteiger charge is 2.10. The molecular formula is C21H20N2O4. The molecule has 0 spiro atoms. The first-order valence-corrected chi connectivity index (χ1v) is 8.27. The van der Waals surface area contributed by atoms with Crippen molar-refractivity contribution >= 4 is 11.9 Å². The number of hydrogen-bond acceptors (Lipinski definition) is 5. The Labute approximate surface area is 157 Å². The second-order valence-electron chi connectivity index (χ2n) is 5.66. The fourth-order valence-electron chi connectivity index (χ4n) is 2.65. The van der Waals surface area contributed by atoms with Gasteiger partial charge in [-0.2, -0.15) is 0 Å². The van der Waals surface area contributed by atoms with Gasteiger partial charge in [0, 0.05) is 35.3 Å². The number of hydrogen-bond donors (Lipinski definition) is 0. The van der Waals surface area contributed by atoms with Crippen LogP contribution in [0.3, 0.4) is 0 Å². The Hall–Kier alpha value is -3.54. The van der Waals surface area contributed by atoms with Gasteiger partial charge >= 0.3 is 0 Å². The van der Waals surface area contributed by atoms with Crippen molar-refractivity contribution < 1.29 is 19.0 Å². The van der Waals surface area contributed by atoms with Crippen LogP contribution in [0.2, 0.25) is 0 Å². The Balaban J connectivity index is 1.82. The largest absolute Gasteiger partial charge is 0.496 e. The van der Waals surface area contributed by atoms with Crippen LogP contribution in [0.1, 0.15) is 15.9 Å². The normalized spacial score (nSPS) is 10.8. The van der Waals surface area contributed by atoms with E-state index in [0.29, 0.717) is 22.8 Å². The van der Waals surface area contributed by atoms with Crippen molar-refractivity contribution in [1.82, 2.24) is 9.55 Å². The number of benzene rings is 2. The van der Waals surface area contributed by atoms with Crippen LogP contribution in [0.4, 0.5) is 0 Å². The number of nitrogens with zero attached hydrogens (tertiary/aromatic N) is 2. The van der Waals surface area contributed by atoms with Crippen molar-refractivity contribution in [2.45, 2.75) is 0 Å². The molecule has 0 saturated carbocycles. The molecule has 1 heterocycles. The maximum Gasteiger partial charge on any atom is 0.185 e. The molecule has 0 N–H and O–H groups in total. The molecule has 0 aliphatic heterocycles. The van der Waals surface area contributed by atoms with Crippen LogP contribution in [-0.2, 0) is 0 Å². The van der Waals surface area contributed by atoms with E-state index < -0.39 is 0 Å². The maximum absolute atomic E-state index is 12.5. The van der Waals surface area contributed by atoms with E-state index in [1.807, 2.05) is 22.9 Å². The molecule has 0 aliphatic carbocycles. The summed E-state index contributed by atoms with van der Waals surface area (Å²) in [6.45, 7) is 0. The number of carbonyl (C=O) groups is 1. The molecule has 6 heteroatoms. The van der Waals surface area contributed by atoms with Crippen LogP contribution < -0.4 is 14.2 Å². The number of ketones is 1. The summed E-state index contributed by atoms with van der Waals surface area (Å²) in [6, 6.07) is 10.8. The van der Waals surface area contributed by atoms with Gasteiger partial charge in [-0.1, -0.05) is 0 Å². The third-order valence-electron chi connectivity index (χ3n) is 4.10. The SMILES string of the molecule is COc1cc(OC)c(OC)cc1/C=C/C(=O)c1ccc(-n2ccnc2)cc1. The number of imidazole rings is 1. The van der Waals surface area contributed by atoms with Crippen molar-refractivity contribution in [1.29, 1.82) is 0 Å². The third-order valence-corrected chi connectivity index (χ3v) is 4.10. The van der Waals surface area contributed by atoms with E-state index in [-0.39, 0.29) is 5.78 Å². The van der Waals surface area contributed by atoms with E-state index in [0.717, 1.165) is 11.3 Å². The number of aromatic nitrogens is 2. The second-order valence-corrected chi connectivity index (χ2v) is 5.66. The zero-order chi connectivity index (χ0) is 19.2. The van der Waals surface area contributed by atoms with Gasteiger partial charge in [0.1, 0.15) is 5.75 Å². The number of allylic oxidation sites excluding steroid dienone is 1. The van der Waals surface area contributed by atoms with Gasteiger partial charge in [0.2, 0.25) is 0 Å². The second kappa shape index (κ2) is 8.23. The zero-order valence-corrected chi connectivity index (χ0v) is 15.4. The van der Waals surface area contributed by atoms with E-state index in [1.165, 1.54) is 6.08 Å². The molecule has 0 radical (unpaired) electrons. The van der Waals surface area contributed by atoms with Crippen LogP contribution in [0, 0.1) is 0 Å². The molecule has 0 aliphatic rings. The van der Waals surface area contributed by atoms with Gasteiger partial charge in [0.15, 0.2) is 17.3 Å². The Morgan fingerprint density at radius 3 is 2.22 bits per heavy atom. The van der Waals surface area contributed by atoms with E-state index in [2.05, 4.69) is 4.98 Å². The Morgan fingerprint density at radius 1 is 0.963 bits per heavy atom. The minimum Gasteiger partial charge on any atom is -0.496 e. The first-order valence-electron chi connectivity index (χ1n) is 8.27. The third kappa shape index (κ3) is 4.00. The highest BCUT2D eigenvalue weighted by molar-refractivity contribution is 6.07. The predicted octanol–water partition coefficient (Wildman–Crippen LogP) is 3.79. The fourth-order valence-corrected chi connectivity index (χ4v) is 2.65. The van der Waals surface area contributed by atoms with Gasteiger partial charge in [0.05, 0.1) is 27.7 Å². The summed E-state index contributed by atoms with van der Waals surface area (Å²) >= 11 is 0. The lowest BCUT2D eigenvalue weighted by Crippen LogP contribution is -1.97. The first kappa shape index (κ1) is 18.3. The minimum atomic E-state index is -0.107. The molecule has 1 aromatic heterocycles. The summed E-state index contributed by atoms with van der Waals surface area (Å²) in [6.07, 6.45) is 8.47. The summed E-state index contributed by atoms with van der Waals surface area (Å²) in [7, 11) is 4.68. The lowest BCUT2D eigenvalue weighted by Gasteiger charge is -2.12. The van der Waals surface area contributed by atoms with Crippen LogP contribution in [0.25, 0.3) is 11.8 Å². The van der Waals surface area contributed by atoms with E-state index in [4.69, 9.17) is 14.2 Å². The van der Waals surface area contributed by atoms with Gasteiger partial charge in [-0.05, 0) is 42.5 Å². The average Bonchev–Trinajstić information content (AvgIpc) is 3.26. The quantitative estimate of drug-likeness (QED) is 0.471. The van der Waals surface area contributed by atoms with Crippen molar-refractivity contribution in [3.8, 4) is 22.9 Å². The fraction of sp³-hybridized carbons (Fsp3) is 0.143. The minimum absolute atomic E-state index is 0.107. The predicted molar refractivity (Wildman–Crippen MR) is 103 cm³/mol. The van der Waals surface area contributed by atoms with Crippen LogP contribution in [0.5, 0.6) is 17.2 Å². The van der Waals surface area contributed by atoms with Crippen LogP contribution >= 0.6 is 0 Å². The van der Waals surface area contributed by atoms with E-state index >= 15 is 0 Å². The van der Waals surface area contributed by atoms with Crippen LogP contribution in [-0.4, -0.2) is 36.7 Å². The van der Waals surface area contributed by atoms with E-state index in [1.54, 1.807) is 64.2 Å². The molecule has 6 nitrogen and oxygen atoms in total. The highest BCUT2D eigenvalue weighted by Crippen LogP contribution is 2.35. The van der Waals surface area contributed by atoms with Crippen molar-refractivity contribution in [3.05, 3.63) is 72.3 Å². The molecule has 138 valence electrons. The summed E-state index contributed by atoms with van der Waals surface area (Å²) in [5.74, 6) is 1.61. The number of carbonyl (C=O) groups excluding carboxylic acids is 1. The summed E-state index contributed by atoms with van der Waals surface area (Å²) in [5, 5.41) is 0. The molecule has 0 fully saturated rings. The Morgan fingerprint density at radius 2 is 1.63 bits per heavy atom. The molecule has 3 aromatic rings. The van der Waals surface area contributed by atoms with Crippen molar-refractivity contribution in [3.63, 3.8) is 0 Å².